The van der Waals surface area contributed by atoms with Gasteiger partial charge in [0.15, 0.2) is 0 Å². The first-order valence-electron chi connectivity index (χ1n) is 16.2. The molecule has 4 amide bonds. The molecule has 2 saturated heterocycles. The second-order valence-electron chi connectivity index (χ2n) is 13.4. The number of carbonyl (C=O) groups excluding carboxylic acids is 4. The Balaban J connectivity index is 1.36. The first kappa shape index (κ1) is 34.5. The third kappa shape index (κ3) is 5.33. The number of aliphatic hydroxyl groups is 1. The Morgan fingerprint density at radius 1 is 0.784 bits per heavy atom. The molecule has 2 aliphatic heterocycles. The van der Waals surface area contributed by atoms with Gasteiger partial charge in [-0.25, -0.2) is 9.80 Å². The number of hydrogen-bond donors (Lipinski definition) is 1. The molecule has 0 spiro atoms. The molecule has 2 aliphatic carbocycles. The van der Waals surface area contributed by atoms with Crippen molar-refractivity contribution >= 4 is 35.0 Å². The highest BCUT2D eigenvalue weighted by Crippen LogP contribution is 2.64. The topological polar surface area (TPSA) is 104 Å². The van der Waals surface area contributed by atoms with Crippen molar-refractivity contribution in [3.63, 3.8) is 0 Å². The maximum atomic E-state index is 14.5. The van der Waals surface area contributed by atoms with Gasteiger partial charge in [-0.15, -0.1) is 0 Å². The largest absolute Gasteiger partial charge is 0.491 e. The molecule has 0 bridgehead atoms. The number of benzene rings is 3. The first-order chi connectivity index (χ1) is 24.1. The molecule has 0 radical (unpaired) electrons. The van der Waals surface area contributed by atoms with Gasteiger partial charge in [-0.1, -0.05) is 48.0 Å². The lowest BCUT2D eigenvalue weighted by Gasteiger charge is -2.49. The van der Waals surface area contributed by atoms with Crippen LogP contribution in [0.25, 0.3) is 0 Å². The number of fused-ring (bicyclic) bond motifs is 4. The Kier molecular flexibility index (Phi) is 8.16. The summed E-state index contributed by atoms with van der Waals surface area (Å²) in [4.78, 5) is 58.5. The van der Waals surface area contributed by atoms with E-state index in [0.717, 1.165) is 4.90 Å². The van der Waals surface area contributed by atoms with E-state index >= 15 is 0 Å². The van der Waals surface area contributed by atoms with Gasteiger partial charge in [0.2, 0.25) is 23.6 Å². The third-order valence-corrected chi connectivity index (χ3v) is 10.7. The van der Waals surface area contributed by atoms with Crippen LogP contribution in [0.5, 0.6) is 5.75 Å². The summed E-state index contributed by atoms with van der Waals surface area (Å²) in [5, 5.41) is 9.51. The molecule has 3 fully saturated rings. The van der Waals surface area contributed by atoms with Crippen LogP contribution >= 0.6 is 0 Å². The van der Waals surface area contributed by atoms with E-state index in [2.05, 4.69) is 0 Å². The monoisotopic (exact) mass is 712 g/mol. The molecule has 3 aromatic carbocycles. The number of amides is 4. The SMILES string of the molecule is CC12C(=O)N(c3ccccc3)C(=O)C1CC1C(=CCC3C(=O)N(c4cc(C(F)(F)F)cc(C(F)(F)F)c4)C(=O)C31)C2c1ccccc1OCCO. The van der Waals surface area contributed by atoms with Crippen LogP contribution < -0.4 is 14.5 Å². The van der Waals surface area contributed by atoms with Crippen molar-refractivity contribution < 1.29 is 55.4 Å². The predicted octanol–water partition coefficient (Wildman–Crippen LogP) is 6.53. The molecule has 14 heteroatoms. The minimum atomic E-state index is -5.21. The van der Waals surface area contributed by atoms with E-state index in [0.29, 0.717) is 39.6 Å². The number of aliphatic hydroxyl groups excluding tert-OH is 1. The molecule has 3 aromatic rings. The number of alkyl halides is 6. The maximum Gasteiger partial charge on any atom is 0.416 e. The van der Waals surface area contributed by atoms with Gasteiger partial charge in [0, 0.05) is 11.5 Å². The molecule has 0 aromatic heterocycles. The van der Waals surface area contributed by atoms with E-state index in [9.17, 15) is 50.6 Å². The Morgan fingerprint density at radius 3 is 2.04 bits per heavy atom. The molecular weight excluding hydrogens is 682 g/mol. The van der Waals surface area contributed by atoms with Gasteiger partial charge in [0.05, 0.1) is 52.3 Å². The maximum absolute atomic E-state index is 14.5. The second kappa shape index (κ2) is 12.1. The summed E-state index contributed by atoms with van der Waals surface area (Å²) in [5.41, 5.74) is -4.31. The van der Waals surface area contributed by atoms with Crippen LogP contribution in [0.15, 0.2) is 84.4 Å². The van der Waals surface area contributed by atoms with Crippen molar-refractivity contribution in [2.24, 2.45) is 29.1 Å². The number of rotatable bonds is 6. The highest BCUT2D eigenvalue weighted by atomic mass is 19.4. The van der Waals surface area contributed by atoms with Crippen molar-refractivity contribution in [1.29, 1.82) is 0 Å². The van der Waals surface area contributed by atoms with E-state index in [1.165, 1.54) is 0 Å². The van der Waals surface area contributed by atoms with Crippen LogP contribution in [0.4, 0.5) is 37.7 Å². The predicted molar refractivity (Wildman–Crippen MR) is 169 cm³/mol. The van der Waals surface area contributed by atoms with Crippen LogP contribution in [0, 0.1) is 29.1 Å². The molecule has 266 valence electrons. The molecule has 1 saturated carbocycles. The molecule has 51 heavy (non-hydrogen) atoms. The van der Waals surface area contributed by atoms with Crippen molar-refractivity contribution in [3.05, 3.63) is 101 Å². The van der Waals surface area contributed by atoms with Crippen molar-refractivity contribution in [1.82, 2.24) is 0 Å². The Morgan fingerprint density at radius 2 is 1.41 bits per heavy atom. The van der Waals surface area contributed by atoms with Crippen molar-refractivity contribution in [3.8, 4) is 5.75 Å². The number of ether oxygens (including phenoxy) is 1. The van der Waals surface area contributed by atoms with E-state index in [4.69, 9.17) is 4.74 Å². The highest BCUT2D eigenvalue weighted by Gasteiger charge is 2.68. The summed E-state index contributed by atoms with van der Waals surface area (Å²) in [6.07, 6.45) is -8.90. The molecule has 6 unspecified atom stereocenters. The molecule has 4 aliphatic rings. The fourth-order valence-corrected chi connectivity index (χ4v) is 8.51. The van der Waals surface area contributed by atoms with E-state index in [1.54, 1.807) is 67.6 Å². The number of anilines is 2. The second-order valence-corrected chi connectivity index (χ2v) is 13.4. The van der Waals surface area contributed by atoms with Gasteiger partial charge in [-0.3, -0.25) is 19.2 Å². The zero-order chi connectivity index (χ0) is 36.6. The standard InChI is InChI=1S/C37H30F6N2O6/c1-35-27(32(48)45(34(35)50)21-7-3-2-4-8-21)18-26-23(30(35)24-9-5-6-10-28(24)51-14-13-46)11-12-25-29(26)33(49)44(31(25)47)22-16-19(36(38,39)40)15-20(17-22)37(41,42)43/h2-11,15-17,25-27,29-30,46H,12-14,18H2,1H3. The lowest BCUT2D eigenvalue weighted by Crippen LogP contribution is -2.49. The molecule has 7 rings (SSSR count). The molecular formula is C37H30F6N2O6. The highest BCUT2D eigenvalue weighted by molar-refractivity contribution is 6.25. The lowest BCUT2D eigenvalue weighted by atomic mass is 9.51. The van der Waals surface area contributed by atoms with Crippen molar-refractivity contribution in [2.75, 3.05) is 23.0 Å². The van der Waals surface area contributed by atoms with Crippen LogP contribution in [-0.4, -0.2) is 41.9 Å². The van der Waals surface area contributed by atoms with Crippen LogP contribution in [0.2, 0.25) is 0 Å². The van der Waals surface area contributed by atoms with E-state index < -0.39 is 87.8 Å². The number of hydrogen-bond acceptors (Lipinski definition) is 6. The average Bonchev–Trinajstić information content (AvgIpc) is 3.46. The first-order valence-corrected chi connectivity index (χ1v) is 16.2. The fraction of sp³-hybridized carbons (Fsp3) is 0.351. The molecule has 2 heterocycles. The van der Waals surface area contributed by atoms with Gasteiger partial charge >= 0.3 is 12.4 Å². The number of carbonyl (C=O) groups is 4. The van der Waals surface area contributed by atoms with E-state index in [-0.39, 0.29) is 32.1 Å². The van der Waals surface area contributed by atoms with Gasteiger partial charge < -0.3 is 9.84 Å². The summed E-state index contributed by atoms with van der Waals surface area (Å²) in [6, 6.07) is 15.6. The lowest BCUT2D eigenvalue weighted by molar-refractivity contribution is -0.143. The number of nitrogens with zero attached hydrogens (tertiary/aromatic N) is 2. The normalized spacial score (nSPS) is 27.7. The smallest absolute Gasteiger partial charge is 0.416 e. The summed E-state index contributed by atoms with van der Waals surface area (Å²) < 4.78 is 88.5. The number of para-hydroxylation sites is 2. The average molecular weight is 713 g/mol. The van der Waals surface area contributed by atoms with Gasteiger partial charge in [0.25, 0.3) is 0 Å². The molecule has 8 nitrogen and oxygen atoms in total. The third-order valence-electron chi connectivity index (χ3n) is 10.7. The van der Waals surface area contributed by atoms with Gasteiger partial charge in [-0.05, 0) is 62.1 Å². The van der Waals surface area contributed by atoms with Gasteiger partial charge in [0.1, 0.15) is 12.4 Å². The molecule has 6 atom stereocenters. The Labute approximate surface area is 287 Å². The minimum absolute atomic E-state index is 0.0781. The van der Waals surface area contributed by atoms with Crippen LogP contribution in [0.3, 0.4) is 0 Å². The van der Waals surface area contributed by atoms with E-state index in [1.807, 2.05) is 0 Å². The zero-order valence-corrected chi connectivity index (χ0v) is 26.9. The Bertz CT molecular complexity index is 1950. The van der Waals surface area contributed by atoms with Crippen LogP contribution in [-0.2, 0) is 31.5 Å². The fourth-order valence-electron chi connectivity index (χ4n) is 8.51. The van der Waals surface area contributed by atoms with Crippen LogP contribution in [0.1, 0.15) is 42.4 Å². The number of allylic oxidation sites excluding steroid dienone is 2. The quantitative estimate of drug-likeness (QED) is 0.177. The molecule has 1 N–H and O–H groups in total. The summed E-state index contributed by atoms with van der Waals surface area (Å²) >= 11 is 0. The summed E-state index contributed by atoms with van der Waals surface area (Å²) in [6.45, 7) is 1.23. The number of imide groups is 2. The number of halogens is 6. The Hall–Kier alpha value is -4.98. The summed E-state index contributed by atoms with van der Waals surface area (Å²) in [5.74, 6) is -7.90. The minimum Gasteiger partial charge on any atom is -0.491 e. The summed E-state index contributed by atoms with van der Waals surface area (Å²) in [7, 11) is 0. The zero-order valence-electron chi connectivity index (χ0n) is 26.9. The van der Waals surface area contributed by atoms with Crippen molar-refractivity contribution in [2.45, 2.75) is 38.0 Å². The van der Waals surface area contributed by atoms with Gasteiger partial charge in [-0.2, -0.15) is 26.3 Å².